The number of hydrogen-bond acceptors (Lipinski definition) is 4. The van der Waals surface area contributed by atoms with Gasteiger partial charge >= 0.3 is 0 Å². The Balaban J connectivity index is 2.04. The van der Waals surface area contributed by atoms with Crippen molar-refractivity contribution in [2.75, 3.05) is 17.1 Å². The highest BCUT2D eigenvalue weighted by Crippen LogP contribution is 2.22. The molecule has 0 saturated heterocycles. The Bertz CT molecular complexity index is 1330. The fraction of sp³-hybridized carbons (Fsp3) is 0.286. The van der Waals surface area contributed by atoms with E-state index < -0.39 is 28.5 Å². The molecule has 7 nitrogen and oxygen atoms in total. The highest BCUT2D eigenvalue weighted by molar-refractivity contribution is 14.1. The van der Waals surface area contributed by atoms with Crippen molar-refractivity contribution in [3.05, 3.63) is 98.6 Å². The minimum Gasteiger partial charge on any atom is -0.352 e. The maximum atomic E-state index is 13.9. The first kappa shape index (κ1) is 29.9. The molecule has 0 saturated carbocycles. The maximum Gasteiger partial charge on any atom is 0.244 e. The van der Waals surface area contributed by atoms with Gasteiger partial charge in [0.25, 0.3) is 0 Å². The predicted octanol–water partition coefficient (Wildman–Crippen LogP) is 4.88. The quantitative estimate of drug-likeness (QED) is 0.296. The van der Waals surface area contributed by atoms with E-state index in [1.807, 2.05) is 44.2 Å². The third-order valence-electron chi connectivity index (χ3n) is 5.76. The number of halogens is 2. The van der Waals surface area contributed by atoms with Gasteiger partial charge in [-0.05, 0) is 84.0 Å². The van der Waals surface area contributed by atoms with E-state index in [-0.39, 0.29) is 24.9 Å². The number of hydrogen-bond donors (Lipinski definition) is 1. The molecule has 3 aromatic carbocycles. The number of benzene rings is 3. The fourth-order valence-electron chi connectivity index (χ4n) is 3.94. The molecule has 38 heavy (non-hydrogen) atoms. The molecule has 0 fully saturated rings. The van der Waals surface area contributed by atoms with Crippen LogP contribution < -0.4 is 9.62 Å². The average molecular weight is 668 g/mol. The summed E-state index contributed by atoms with van der Waals surface area (Å²) in [5.41, 5.74) is 2.01. The molecule has 0 radical (unpaired) electrons. The molecule has 0 aliphatic carbocycles. The number of carbonyl (C=O) groups excluding carboxylic acids is 2. The Labute approximate surface area is 243 Å². The Morgan fingerprint density at radius 1 is 0.921 bits per heavy atom. The second kappa shape index (κ2) is 13.4. The first-order valence-corrected chi connectivity index (χ1v) is 15.4. The van der Waals surface area contributed by atoms with E-state index in [0.717, 1.165) is 25.3 Å². The van der Waals surface area contributed by atoms with Gasteiger partial charge in [-0.1, -0.05) is 54.1 Å². The van der Waals surface area contributed by atoms with Crippen molar-refractivity contribution in [1.29, 1.82) is 0 Å². The van der Waals surface area contributed by atoms with Crippen molar-refractivity contribution in [2.45, 2.75) is 38.9 Å². The van der Waals surface area contributed by atoms with Crippen LogP contribution in [0.15, 0.2) is 78.9 Å². The lowest BCUT2D eigenvalue weighted by atomic mass is 10.0. The summed E-state index contributed by atoms with van der Waals surface area (Å²) < 4.78 is 27.5. The number of anilines is 1. The number of sulfonamides is 1. The summed E-state index contributed by atoms with van der Waals surface area (Å²) in [4.78, 5) is 28.9. The molecule has 0 spiro atoms. The number of amides is 2. The third kappa shape index (κ3) is 8.71. The van der Waals surface area contributed by atoms with Gasteiger partial charge in [0.05, 0.1) is 11.9 Å². The number of carbonyl (C=O) groups is 2. The minimum absolute atomic E-state index is 0.101. The van der Waals surface area contributed by atoms with Gasteiger partial charge in [0.2, 0.25) is 21.8 Å². The van der Waals surface area contributed by atoms with Gasteiger partial charge in [0, 0.05) is 27.6 Å². The van der Waals surface area contributed by atoms with Gasteiger partial charge in [-0.15, -0.1) is 0 Å². The van der Waals surface area contributed by atoms with E-state index in [1.54, 1.807) is 48.5 Å². The van der Waals surface area contributed by atoms with E-state index in [0.29, 0.717) is 10.7 Å². The smallest absolute Gasteiger partial charge is 0.244 e. The zero-order valence-corrected chi connectivity index (χ0v) is 25.2. The topological polar surface area (TPSA) is 86.8 Å². The molecular formula is C28H31ClIN3O4S. The summed E-state index contributed by atoms with van der Waals surface area (Å²) >= 11 is 8.20. The van der Waals surface area contributed by atoms with Crippen LogP contribution in [-0.4, -0.2) is 50.0 Å². The molecule has 3 aromatic rings. The number of rotatable bonds is 11. The van der Waals surface area contributed by atoms with E-state index in [4.69, 9.17) is 11.6 Å². The average Bonchev–Trinajstić information content (AvgIpc) is 2.86. The lowest BCUT2D eigenvalue weighted by Gasteiger charge is -2.34. The molecule has 0 unspecified atom stereocenters. The van der Waals surface area contributed by atoms with Gasteiger partial charge in [0.1, 0.15) is 12.6 Å². The van der Waals surface area contributed by atoms with Crippen molar-refractivity contribution < 1.29 is 18.0 Å². The van der Waals surface area contributed by atoms with E-state index in [9.17, 15) is 18.0 Å². The fourth-order valence-corrected chi connectivity index (χ4v) is 5.28. The lowest BCUT2D eigenvalue weighted by molar-refractivity contribution is -0.140. The standard InChI is InChI=1S/C28H31ClIN3O4S/c1-20(2)31-28(35)26(17-21-7-5-4-6-8-21)32(18-22-9-11-23(29)12-10-22)27(34)19-33(38(3,36)37)25-15-13-24(30)14-16-25/h4-16,20,26H,17-19H2,1-3H3,(H,31,35)/t26-/m1/s1. The normalized spacial score (nSPS) is 12.2. The van der Waals surface area contributed by atoms with Crippen molar-refractivity contribution in [3.8, 4) is 0 Å². The van der Waals surface area contributed by atoms with Crippen LogP contribution in [0, 0.1) is 3.57 Å². The van der Waals surface area contributed by atoms with Crippen molar-refractivity contribution in [2.24, 2.45) is 0 Å². The molecule has 0 aliphatic rings. The summed E-state index contributed by atoms with van der Waals surface area (Å²) in [5, 5.41) is 3.48. The van der Waals surface area contributed by atoms with Crippen LogP contribution in [0.5, 0.6) is 0 Å². The molecule has 0 aliphatic heterocycles. The second-order valence-corrected chi connectivity index (χ2v) is 12.9. The molecule has 1 atom stereocenters. The van der Waals surface area contributed by atoms with Gasteiger partial charge < -0.3 is 10.2 Å². The maximum absolute atomic E-state index is 13.9. The van der Waals surface area contributed by atoms with Crippen LogP contribution in [0.25, 0.3) is 0 Å². The van der Waals surface area contributed by atoms with Gasteiger partial charge in [-0.25, -0.2) is 8.42 Å². The molecule has 1 N–H and O–H groups in total. The molecule has 0 heterocycles. The first-order chi connectivity index (χ1) is 17.9. The van der Waals surface area contributed by atoms with E-state index in [1.165, 1.54) is 4.90 Å². The molecular weight excluding hydrogens is 637 g/mol. The van der Waals surface area contributed by atoms with Gasteiger partial charge in [-0.3, -0.25) is 13.9 Å². The van der Waals surface area contributed by atoms with Crippen LogP contribution >= 0.6 is 34.2 Å². The van der Waals surface area contributed by atoms with Gasteiger partial charge in [0.15, 0.2) is 0 Å². The lowest BCUT2D eigenvalue weighted by Crippen LogP contribution is -2.54. The van der Waals surface area contributed by atoms with Crippen molar-refractivity contribution in [3.63, 3.8) is 0 Å². The molecule has 0 aromatic heterocycles. The molecule has 0 bridgehead atoms. The predicted molar refractivity (Wildman–Crippen MR) is 161 cm³/mol. The summed E-state index contributed by atoms with van der Waals surface area (Å²) in [6.07, 6.45) is 1.33. The van der Waals surface area contributed by atoms with Crippen LogP contribution in [0.1, 0.15) is 25.0 Å². The number of nitrogens with one attached hydrogen (secondary N) is 1. The molecule has 2 amide bonds. The Morgan fingerprint density at radius 2 is 1.53 bits per heavy atom. The SMILES string of the molecule is CC(C)NC(=O)[C@@H](Cc1ccccc1)N(Cc1ccc(Cl)cc1)C(=O)CN(c1ccc(I)cc1)S(C)(=O)=O. The third-order valence-corrected chi connectivity index (χ3v) is 7.87. The zero-order valence-electron chi connectivity index (χ0n) is 21.5. The van der Waals surface area contributed by atoms with Gasteiger partial charge in [-0.2, -0.15) is 0 Å². The van der Waals surface area contributed by atoms with Crippen LogP contribution in [0.4, 0.5) is 5.69 Å². The number of nitrogens with zero attached hydrogens (tertiary/aromatic N) is 2. The largest absolute Gasteiger partial charge is 0.352 e. The Hall–Kier alpha value is -2.63. The Kier molecular flexibility index (Phi) is 10.6. The monoisotopic (exact) mass is 667 g/mol. The van der Waals surface area contributed by atoms with Crippen molar-refractivity contribution in [1.82, 2.24) is 10.2 Å². The highest BCUT2D eigenvalue weighted by atomic mass is 127. The summed E-state index contributed by atoms with van der Waals surface area (Å²) in [6.45, 7) is 3.35. The summed E-state index contributed by atoms with van der Waals surface area (Å²) in [6, 6.07) is 22.3. The van der Waals surface area contributed by atoms with Crippen molar-refractivity contribution >= 4 is 61.7 Å². The van der Waals surface area contributed by atoms with E-state index in [2.05, 4.69) is 27.9 Å². The highest BCUT2D eigenvalue weighted by Gasteiger charge is 2.33. The summed E-state index contributed by atoms with van der Waals surface area (Å²) in [5.74, 6) is -0.810. The minimum atomic E-state index is -3.80. The molecule has 202 valence electrons. The van der Waals surface area contributed by atoms with Crippen LogP contribution in [0.2, 0.25) is 5.02 Å². The summed E-state index contributed by atoms with van der Waals surface area (Å²) in [7, 11) is -3.80. The second-order valence-electron chi connectivity index (χ2n) is 9.26. The van der Waals surface area contributed by atoms with Crippen LogP contribution in [0.3, 0.4) is 0 Å². The Morgan fingerprint density at radius 3 is 2.08 bits per heavy atom. The zero-order chi connectivity index (χ0) is 27.9. The molecule has 3 rings (SSSR count). The van der Waals surface area contributed by atoms with Crippen LogP contribution in [-0.2, 0) is 32.6 Å². The molecule has 10 heteroatoms. The van der Waals surface area contributed by atoms with E-state index >= 15 is 0 Å². The first-order valence-electron chi connectivity index (χ1n) is 12.1.